The second-order valence-corrected chi connectivity index (χ2v) is 5.19. The quantitative estimate of drug-likeness (QED) is 0.857. The first-order valence-electron chi connectivity index (χ1n) is 6.76. The van der Waals surface area contributed by atoms with Crippen molar-refractivity contribution in [3.63, 3.8) is 0 Å². The Labute approximate surface area is 109 Å². The van der Waals surface area contributed by atoms with E-state index < -0.39 is 0 Å². The number of hydrogen-bond acceptors (Lipinski definition) is 3. The Hall–Kier alpha value is -1.13. The molecule has 0 bridgehead atoms. The van der Waals surface area contributed by atoms with Crippen molar-refractivity contribution >= 4 is 0 Å². The molecule has 0 aliphatic carbocycles. The van der Waals surface area contributed by atoms with Gasteiger partial charge < -0.3 is 14.8 Å². The first kappa shape index (κ1) is 13.3. The number of rotatable bonds is 4. The van der Waals surface area contributed by atoms with Crippen molar-refractivity contribution in [3.8, 4) is 0 Å². The van der Waals surface area contributed by atoms with Crippen LogP contribution in [0.1, 0.15) is 13.3 Å². The maximum atomic E-state index is 11.6. The van der Waals surface area contributed by atoms with Gasteiger partial charge in [0.15, 0.2) is 0 Å². The molecule has 1 aromatic heterocycles. The summed E-state index contributed by atoms with van der Waals surface area (Å²) in [4.78, 5) is 14.0. The smallest absolute Gasteiger partial charge is 0.250 e. The van der Waals surface area contributed by atoms with Crippen LogP contribution in [-0.2, 0) is 6.54 Å². The maximum Gasteiger partial charge on any atom is 0.250 e. The van der Waals surface area contributed by atoms with E-state index in [4.69, 9.17) is 0 Å². The normalized spacial score (nSPS) is 25.2. The maximum absolute atomic E-state index is 11.6. The predicted octanol–water partition coefficient (Wildman–Crippen LogP) is 0.778. The van der Waals surface area contributed by atoms with Crippen molar-refractivity contribution in [3.05, 3.63) is 34.7 Å². The number of nitrogens with zero attached hydrogens (tertiary/aromatic N) is 2. The third kappa shape index (κ3) is 3.21. The number of likely N-dealkylation sites (tertiary alicyclic amines) is 1. The van der Waals surface area contributed by atoms with E-state index in [1.165, 1.54) is 6.42 Å². The summed E-state index contributed by atoms with van der Waals surface area (Å²) in [7, 11) is 2.04. The van der Waals surface area contributed by atoms with Crippen LogP contribution in [0.5, 0.6) is 0 Å². The number of hydrogen-bond donors (Lipinski definition) is 1. The van der Waals surface area contributed by atoms with Gasteiger partial charge in [-0.05, 0) is 32.0 Å². The largest absolute Gasteiger partial charge is 0.317 e. The molecule has 1 N–H and O–H groups in total. The molecule has 18 heavy (non-hydrogen) atoms. The Morgan fingerprint density at radius 2 is 2.22 bits per heavy atom. The third-order valence-electron chi connectivity index (χ3n) is 3.92. The van der Waals surface area contributed by atoms with Gasteiger partial charge in [0.05, 0.1) is 0 Å². The molecule has 0 radical (unpaired) electrons. The van der Waals surface area contributed by atoms with Crippen molar-refractivity contribution in [2.24, 2.45) is 5.92 Å². The minimum Gasteiger partial charge on any atom is -0.317 e. The topological polar surface area (TPSA) is 37.3 Å². The highest BCUT2D eigenvalue weighted by atomic mass is 16.1. The Bertz CT molecular complexity index is 429. The molecule has 1 aliphatic rings. The van der Waals surface area contributed by atoms with Crippen molar-refractivity contribution < 1.29 is 0 Å². The van der Waals surface area contributed by atoms with Crippen LogP contribution in [0.3, 0.4) is 0 Å². The number of aromatic nitrogens is 1. The van der Waals surface area contributed by atoms with E-state index in [9.17, 15) is 4.79 Å². The van der Waals surface area contributed by atoms with Gasteiger partial charge in [0.25, 0.3) is 5.56 Å². The summed E-state index contributed by atoms with van der Waals surface area (Å²) < 4.78 is 1.79. The molecule has 2 heterocycles. The Balaban J connectivity index is 1.85. The molecule has 100 valence electrons. The fourth-order valence-electron chi connectivity index (χ4n) is 2.76. The van der Waals surface area contributed by atoms with Gasteiger partial charge in [0.1, 0.15) is 0 Å². The molecule has 0 aromatic carbocycles. The van der Waals surface area contributed by atoms with Crippen LogP contribution >= 0.6 is 0 Å². The molecule has 1 fully saturated rings. The molecular formula is C14H23N3O. The van der Waals surface area contributed by atoms with Gasteiger partial charge in [-0.2, -0.15) is 0 Å². The minimum absolute atomic E-state index is 0.0932. The summed E-state index contributed by atoms with van der Waals surface area (Å²) in [5.41, 5.74) is 0.0932. The average molecular weight is 249 g/mol. The summed E-state index contributed by atoms with van der Waals surface area (Å²) in [6.07, 6.45) is 3.06. The molecule has 0 saturated carbocycles. The fraction of sp³-hybridized carbons (Fsp3) is 0.643. The monoisotopic (exact) mass is 249 g/mol. The summed E-state index contributed by atoms with van der Waals surface area (Å²) in [5, 5.41) is 3.38. The van der Waals surface area contributed by atoms with Crippen molar-refractivity contribution in [1.29, 1.82) is 0 Å². The first-order valence-corrected chi connectivity index (χ1v) is 6.76. The molecule has 2 unspecified atom stereocenters. The standard InChI is InChI=1S/C14H23N3O/c1-12-11-16(8-6-13(12)15-2)9-10-17-7-4-3-5-14(17)18/h3-5,7,12-13,15H,6,8-11H2,1-2H3. The molecule has 1 saturated heterocycles. The highest BCUT2D eigenvalue weighted by Crippen LogP contribution is 2.16. The van der Waals surface area contributed by atoms with E-state index in [-0.39, 0.29) is 5.56 Å². The molecule has 1 aromatic rings. The van der Waals surface area contributed by atoms with Crippen molar-refractivity contribution in [2.45, 2.75) is 25.9 Å². The fourth-order valence-corrected chi connectivity index (χ4v) is 2.76. The van der Waals surface area contributed by atoms with E-state index in [1.54, 1.807) is 16.7 Å². The van der Waals surface area contributed by atoms with Crippen molar-refractivity contribution in [1.82, 2.24) is 14.8 Å². The lowest BCUT2D eigenvalue weighted by atomic mass is 9.94. The van der Waals surface area contributed by atoms with E-state index in [1.807, 2.05) is 19.3 Å². The second-order valence-electron chi connectivity index (χ2n) is 5.19. The van der Waals surface area contributed by atoms with E-state index in [2.05, 4.69) is 17.1 Å². The SMILES string of the molecule is CNC1CCN(CCn2ccccc2=O)CC1C. The average Bonchev–Trinajstić information content (AvgIpc) is 2.38. The van der Waals surface area contributed by atoms with Gasteiger partial charge in [0.2, 0.25) is 0 Å². The summed E-state index contributed by atoms with van der Waals surface area (Å²) in [6, 6.07) is 5.97. The molecule has 2 atom stereocenters. The molecular weight excluding hydrogens is 226 g/mol. The zero-order valence-corrected chi connectivity index (χ0v) is 11.3. The third-order valence-corrected chi connectivity index (χ3v) is 3.92. The Morgan fingerprint density at radius 3 is 2.89 bits per heavy atom. The van der Waals surface area contributed by atoms with Gasteiger partial charge >= 0.3 is 0 Å². The molecule has 0 spiro atoms. The number of nitrogens with one attached hydrogen (secondary N) is 1. The van der Waals surface area contributed by atoms with Crippen LogP contribution in [0.4, 0.5) is 0 Å². The van der Waals surface area contributed by atoms with E-state index in [0.717, 1.165) is 26.2 Å². The summed E-state index contributed by atoms with van der Waals surface area (Å²) in [5.74, 6) is 0.677. The first-order chi connectivity index (χ1) is 8.70. The zero-order valence-electron chi connectivity index (χ0n) is 11.3. The number of pyridine rings is 1. The number of piperidine rings is 1. The summed E-state index contributed by atoms with van der Waals surface area (Å²) in [6.45, 7) is 6.29. The highest BCUT2D eigenvalue weighted by Gasteiger charge is 2.24. The second kappa shape index (κ2) is 6.16. The van der Waals surface area contributed by atoms with Crippen LogP contribution in [0.2, 0.25) is 0 Å². The lowest BCUT2D eigenvalue weighted by Gasteiger charge is -2.36. The van der Waals surface area contributed by atoms with Crippen LogP contribution in [0.15, 0.2) is 29.2 Å². The van der Waals surface area contributed by atoms with Gasteiger partial charge in [-0.1, -0.05) is 13.0 Å². The van der Waals surface area contributed by atoms with Crippen LogP contribution < -0.4 is 10.9 Å². The van der Waals surface area contributed by atoms with Crippen LogP contribution in [0.25, 0.3) is 0 Å². The lowest BCUT2D eigenvalue weighted by Crippen LogP contribution is -2.48. The van der Waals surface area contributed by atoms with Gasteiger partial charge in [-0.15, -0.1) is 0 Å². The molecule has 1 aliphatic heterocycles. The molecule has 4 heteroatoms. The van der Waals surface area contributed by atoms with E-state index >= 15 is 0 Å². The van der Waals surface area contributed by atoms with Crippen LogP contribution in [-0.4, -0.2) is 42.2 Å². The molecule has 4 nitrogen and oxygen atoms in total. The Morgan fingerprint density at radius 1 is 1.39 bits per heavy atom. The van der Waals surface area contributed by atoms with Crippen LogP contribution in [0, 0.1) is 5.92 Å². The molecule has 0 amide bonds. The highest BCUT2D eigenvalue weighted by molar-refractivity contribution is 4.93. The van der Waals surface area contributed by atoms with Crippen molar-refractivity contribution in [2.75, 3.05) is 26.7 Å². The minimum atomic E-state index is 0.0932. The lowest BCUT2D eigenvalue weighted by molar-refractivity contribution is 0.147. The molecule has 2 rings (SSSR count). The van der Waals surface area contributed by atoms with Gasteiger partial charge in [-0.3, -0.25) is 4.79 Å². The van der Waals surface area contributed by atoms with E-state index in [0.29, 0.717) is 12.0 Å². The Kier molecular flexibility index (Phi) is 4.55. The van der Waals surface area contributed by atoms with Gasteiger partial charge in [0, 0.05) is 37.9 Å². The van der Waals surface area contributed by atoms with Gasteiger partial charge in [-0.25, -0.2) is 0 Å². The predicted molar refractivity (Wildman–Crippen MR) is 73.8 cm³/mol. The zero-order chi connectivity index (χ0) is 13.0. The summed E-state index contributed by atoms with van der Waals surface area (Å²) >= 11 is 0.